The molecule has 0 atom stereocenters. The molecule has 0 saturated heterocycles. The highest BCUT2D eigenvalue weighted by atomic mass is 127. The number of sulfone groups is 1. The van der Waals surface area contributed by atoms with Gasteiger partial charge < -0.3 is 15.2 Å². The molecule has 0 amide bonds. The van der Waals surface area contributed by atoms with Crippen LogP contribution in [-0.2, 0) is 28.6 Å². The molecule has 0 aliphatic rings. The summed E-state index contributed by atoms with van der Waals surface area (Å²) >= 11 is 0. The van der Waals surface area contributed by atoms with Crippen LogP contribution in [0.15, 0.2) is 27.7 Å². The molecule has 11 heteroatoms. The number of aliphatic imine (C=N–C) groups is 1. The predicted molar refractivity (Wildman–Crippen MR) is 121 cm³/mol. The summed E-state index contributed by atoms with van der Waals surface area (Å²) in [6.07, 6.45) is 2.57. The molecule has 0 bridgehead atoms. The van der Waals surface area contributed by atoms with Gasteiger partial charge in [-0.1, -0.05) is 11.2 Å². The third kappa shape index (κ3) is 9.52. The Balaban J connectivity index is 0.00000420. The number of benzene rings is 1. The third-order valence-corrected chi connectivity index (χ3v) is 4.60. The van der Waals surface area contributed by atoms with Crippen molar-refractivity contribution >= 4 is 39.8 Å². The van der Waals surface area contributed by atoms with Crippen molar-refractivity contribution in [2.45, 2.75) is 39.0 Å². The molecule has 2 aromatic rings. The lowest BCUT2D eigenvalue weighted by molar-refractivity contribution is 0.372. The highest BCUT2D eigenvalue weighted by Crippen LogP contribution is 2.15. The van der Waals surface area contributed by atoms with Crippen LogP contribution >= 0.6 is 24.0 Å². The summed E-state index contributed by atoms with van der Waals surface area (Å²) in [6, 6.07) is 4.08. The molecule has 0 saturated carbocycles. The topological polar surface area (TPSA) is 109 Å². The van der Waals surface area contributed by atoms with E-state index in [1.165, 1.54) is 18.2 Å². The van der Waals surface area contributed by atoms with Crippen molar-refractivity contribution in [3.05, 3.63) is 46.9 Å². The molecule has 0 radical (unpaired) electrons. The van der Waals surface area contributed by atoms with Crippen molar-refractivity contribution in [1.82, 2.24) is 20.8 Å². The number of rotatable bonds is 9. The number of hydrogen-bond acceptors (Lipinski definition) is 6. The van der Waals surface area contributed by atoms with Crippen molar-refractivity contribution in [1.29, 1.82) is 0 Å². The Morgan fingerprint density at radius 1 is 1.28 bits per heavy atom. The van der Waals surface area contributed by atoms with Gasteiger partial charge >= 0.3 is 0 Å². The molecule has 8 nitrogen and oxygen atoms in total. The number of aromatic nitrogens is 2. The molecule has 29 heavy (non-hydrogen) atoms. The van der Waals surface area contributed by atoms with Crippen molar-refractivity contribution in [2.75, 3.05) is 19.3 Å². The molecule has 0 aliphatic heterocycles. The summed E-state index contributed by atoms with van der Waals surface area (Å²) in [7, 11) is -3.23. The maximum absolute atomic E-state index is 13.6. The molecule has 1 aromatic carbocycles. The van der Waals surface area contributed by atoms with Gasteiger partial charge in [0.15, 0.2) is 21.6 Å². The number of halogens is 2. The fraction of sp³-hybridized carbons (Fsp3) is 0.500. The van der Waals surface area contributed by atoms with Gasteiger partial charge in [0.2, 0.25) is 5.89 Å². The van der Waals surface area contributed by atoms with E-state index in [0.29, 0.717) is 48.3 Å². The summed E-state index contributed by atoms with van der Waals surface area (Å²) in [6.45, 7) is 5.17. The molecule has 0 unspecified atom stereocenters. The van der Waals surface area contributed by atoms with Gasteiger partial charge in [0.1, 0.15) is 5.82 Å². The average molecular weight is 539 g/mol. The van der Waals surface area contributed by atoms with E-state index in [4.69, 9.17) is 4.52 Å². The SMILES string of the molecule is CCNC(=NCc1cc(F)ccc1CS(C)(=O)=O)NCCCc1nc(C)no1.I. The van der Waals surface area contributed by atoms with Gasteiger partial charge in [-0.2, -0.15) is 4.98 Å². The molecular formula is C18H27FIN5O3S. The second-order valence-electron chi connectivity index (χ2n) is 6.44. The van der Waals surface area contributed by atoms with Crippen molar-refractivity contribution < 1.29 is 17.3 Å². The van der Waals surface area contributed by atoms with Gasteiger partial charge in [-0.15, -0.1) is 24.0 Å². The second kappa shape index (κ2) is 12.1. The highest BCUT2D eigenvalue weighted by Gasteiger charge is 2.11. The summed E-state index contributed by atoms with van der Waals surface area (Å²) in [4.78, 5) is 8.60. The van der Waals surface area contributed by atoms with Gasteiger partial charge in [-0.25, -0.2) is 17.8 Å². The maximum Gasteiger partial charge on any atom is 0.226 e. The number of nitrogens with one attached hydrogen (secondary N) is 2. The molecule has 1 heterocycles. The molecule has 1 aromatic heterocycles. The lowest BCUT2D eigenvalue weighted by atomic mass is 10.1. The average Bonchev–Trinajstić information content (AvgIpc) is 3.02. The monoisotopic (exact) mass is 539 g/mol. The van der Waals surface area contributed by atoms with Crippen LogP contribution < -0.4 is 10.6 Å². The zero-order valence-corrected chi connectivity index (χ0v) is 19.9. The Morgan fingerprint density at radius 2 is 2.03 bits per heavy atom. The van der Waals surface area contributed by atoms with E-state index >= 15 is 0 Å². The van der Waals surface area contributed by atoms with Gasteiger partial charge in [-0.05, 0) is 43.5 Å². The zero-order valence-electron chi connectivity index (χ0n) is 16.7. The minimum atomic E-state index is -3.23. The van der Waals surface area contributed by atoms with E-state index < -0.39 is 15.7 Å². The molecule has 162 valence electrons. The van der Waals surface area contributed by atoms with Crippen LogP contribution in [0.25, 0.3) is 0 Å². The van der Waals surface area contributed by atoms with Gasteiger partial charge in [0.25, 0.3) is 0 Å². The number of nitrogens with zero attached hydrogens (tertiary/aromatic N) is 3. The molecule has 0 fully saturated rings. The predicted octanol–water partition coefficient (Wildman–Crippen LogP) is 2.37. The number of guanidine groups is 1. The van der Waals surface area contributed by atoms with Gasteiger partial charge in [0.05, 0.1) is 12.3 Å². The first-order valence-electron chi connectivity index (χ1n) is 9.03. The second-order valence-corrected chi connectivity index (χ2v) is 8.58. The lowest BCUT2D eigenvalue weighted by Gasteiger charge is -2.12. The fourth-order valence-electron chi connectivity index (χ4n) is 2.56. The molecule has 0 aliphatic carbocycles. The Labute approximate surface area is 187 Å². The number of hydrogen-bond donors (Lipinski definition) is 2. The van der Waals surface area contributed by atoms with Crippen LogP contribution in [0.3, 0.4) is 0 Å². The van der Waals surface area contributed by atoms with E-state index in [-0.39, 0.29) is 36.3 Å². The van der Waals surface area contributed by atoms with E-state index in [9.17, 15) is 12.8 Å². The first-order valence-corrected chi connectivity index (χ1v) is 11.1. The third-order valence-electron chi connectivity index (χ3n) is 3.77. The molecule has 2 rings (SSSR count). The zero-order chi connectivity index (χ0) is 20.6. The Bertz CT molecular complexity index is 918. The Hall–Kier alpha value is -1.76. The summed E-state index contributed by atoms with van der Waals surface area (Å²) in [5.41, 5.74) is 1.10. The number of aryl methyl sites for hydroxylation is 2. The molecule has 0 spiro atoms. The minimum Gasteiger partial charge on any atom is -0.357 e. The van der Waals surface area contributed by atoms with Crippen LogP contribution in [0, 0.1) is 12.7 Å². The van der Waals surface area contributed by atoms with E-state index in [1.807, 2.05) is 6.92 Å². The van der Waals surface area contributed by atoms with E-state index in [0.717, 1.165) is 12.7 Å². The smallest absolute Gasteiger partial charge is 0.226 e. The summed E-state index contributed by atoms with van der Waals surface area (Å²) < 4.78 is 41.9. The molecule has 2 N–H and O–H groups in total. The van der Waals surface area contributed by atoms with Crippen LogP contribution in [-0.4, -0.2) is 43.9 Å². The largest absolute Gasteiger partial charge is 0.357 e. The van der Waals surface area contributed by atoms with Crippen LogP contribution in [0.2, 0.25) is 0 Å². The van der Waals surface area contributed by atoms with E-state index in [1.54, 1.807) is 6.92 Å². The fourth-order valence-corrected chi connectivity index (χ4v) is 3.41. The maximum atomic E-state index is 13.6. The Kier molecular flexibility index (Phi) is 10.5. The van der Waals surface area contributed by atoms with E-state index in [2.05, 4.69) is 25.8 Å². The van der Waals surface area contributed by atoms with Crippen LogP contribution in [0.5, 0.6) is 0 Å². The molecular weight excluding hydrogens is 512 g/mol. The highest BCUT2D eigenvalue weighted by molar-refractivity contribution is 14.0. The standard InChI is InChI=1S/C18H26FN5O3S.HI/c1-4-20-18(21-9-5-6-17-23-13(2)24-27-17)22-11-15-10-16(19)8-7-14(15)12-28(3,25)26;/h7-8,10H,4-6,9,11-12H2,1-3H3,(H2,20,21,22);1H. The van der Waals surface area contributed by atoms with Crippen LogP contribution in [0.1, 0.15) is 36.2 Å². The van der Waals surface area contributed by atoms with Crippen molar-refractivity contribution in [3.8, 4) is 0 Å². The minimum absolute atomic E-state index is 0. The first-order chi connectivity index (χ1) is 13.3. The van der Waals surface area contributed by atoms with Crippen molar-refractivity contribution in [3.63, 3.8) is 0 Å². The first kappa shape index (κ1) is 25.3. The van der Waals surface area contributed by atoms with Crippen molar-refractivity contribution in [2.24, 2.45) is 4.99 Å². The summed E-state index contributed by atoms with van der Waals surface area (Å²) in [5, 5.41) is 10.0. The lowest BCUT2D eigenvalue weighted by Crippen LogP contribution is -2.37. The Morgan fingerprint density at radius 3 is 2.66 bits per heavy atom. The quantitative estimate of drug-likeness (QED) is 0.218. The van der Waals surface area contributed by atoms with Gasteiger partial charge in [-0.3, -0.25) is 0 Å². The normalized spacial score (nSPS) is 11.8. The van der Waals surface area contributed by atoms with Crippen LogP contribution in [0.4, 0.5) is 4.39 Å². The summed E-state index contributed by atoms with van der Waals surface area (Å²) in [5.74, 6) is 1.20. The van der Waals surface area contributed by atoms with Gasteiger partial charge in [0, 0.05) is 25.8 Å².